The van der Waals surface area contributed by atoms with Crippen LogP contribution in [-0.2, 0) is 11.3 Å². The minimum atomic E-state index is -0.288. The van der Waals surface area contributed by atoms with Gasteiger partial charge in [-0.3, -0.25) is 0 Å². The molecule has 4 aromatic rings. The molecule has 3 heterocycles. The molecule has 0 spiro atoms. The predicted molar refractivity (Wildman–Crippen MR) is 133 cm³/mol. The molecule has 1 unspecified atom stereocenters. The molecule has 0 bridgehead atoms. The van der Waals surface area contributed by atoms with Gasteiger partial charge in [0.25, 0.3) is 0 Å². The van der Waals surface area contributed by atoms with E-state index in [2.05, 4.69) is 45.2 Å². The fourth-order valence-electron chi connectivity index (χ4n) is 5.26. The number of anilines is 1. The first kappa shape index (κ1) is 20.6. The molecule has 34 heavy (non-hydrogen) atoms. The lowest BCUT2D eigenvalue weighted by Gasteiger charge is -2.31. The van der Waals surface area contributed by atoms with E-state index in [1.165, 1.54) is 19.2 Å². The Kier molecular flexibility index (Phi) is 5.09. The van der Waals surface area contributed by atoms with E-state index in [9.17, 15) is 4.79 Å². The summed E-state index contributed by atoms with van der Waals surface area (Å²) in [6.45, 7) is 0.636. The van der Waals surface area contributed by atoms with Gasteiger partial charge in [0.2, 0.25) is 0 Å². The number of nitrogens with zero attached hydrogens (tertiary/aromatic N) is 5. The average molecular weight is 451 g/mol. The number of aromatic nitrogens is 4. The summed E-state index contributed by atoms with van der Waals surface area (Å²) in [6, 6.07) is 16.4. The van der Waals surface area contributed by atoms with Crippen molar-refractivity contribution in [1.82, 2.24) is 24.6 Å². The maximum atomic E-state index is 11.9. The number of nitrogens with two attached hydrogens (primary N) is 1. The third kappa shape index (κ3) is 3.44. The lowest BCUT2D eigenvalue weighted by atomic mass is 9.96. The zero-order chi connectivity index (χ0) is 23.1. The van der Waals surface area contributed by atoms with Crippen molar-refractivity contribution in [3.05, 3.63) is 77.7 Å². The Balaban J connectivity index is 1.31. The van der Waals surface area contributed by atoms with Gasteiger partial charge in [-0.25, -0.2) is 14.6 Å². The van der Waals surface area contributed by atoms with E-state index in [0.717, 1.165) is 58.1 Å². The van der Waals surface area contributed by atoms with E-state index in [-0.39, 0.29) is 6.04 Å². The number of rotatable bonds is 5. The maximum absolute atomic E-state index is 11.9. The van der Waals surface area contributed by atoms with Gasteiger partial charge < -0.3 is 15.4 Å². The van der Waals surface area contributed by atoms with Crippen LogP contribution in [-0.4, -0.2) is 30.9 Å². The molecule has 2 N–H and O–H groups in total. The molecule has 1 aliphatic heterocycles. The Bertz CT molecular complexity index is 1380. The van der Waals surface area contributed by atoms with E-state index in [4.69, 9.17) is 10.8 Å². The summed E-state index contributed by atoms with van der Waals surface area (Å²) in [5.74, 6) is 0.458. The Hall–Kier alpha value is -4.00. The second kappa shape index (κ2) is 8.41. The van der Waals surface area contributed by atoms with Crippen LogP contribution in [0.4, 0.5) is 5.82 Å². The zero-order valence-electron chi connectivity index (χ0n) is 18.8. The number of nitrogen functional groups attached to an aromatic ring is 1. The molecule has 0 radical (unpaired) electrons. The van der Waals surface area contributed by atoms with Gasteiger partial charge >= 0.3 is 0 Å². The SMILES string of the molecule is Nc1ncnc2c1c(-c1ccc(CN3C=Cc4ccccc4C3C=O)cc1)nn2C1CCCC1. The summed E-state index contributed by atoms with van der Waals surface area (Å²) < 4.78 is 2.05. The monoisotopic (exact) mass is 450 g/mol. The summed E-state index contributed by atoms with van der Waals surface area (Å²) in [5.41, 5.74) is 12.1. The van der Waals surface area contributed by atoms with Crippen LogP contribution in [0.15, 0.2) is 61.1 Å². The molecule has 1 atom stereocenters. The number of hydrogen-bond donors (Lipinski definition) is 1. The molecule has 1 fully saturated rings. The number of aldehydes is 1. The summed E-state index contributed by atoms with van der Waals surface area (Å²) in [6.07, 6.45) is 11.3. The molecule has 0 amide bonds. The van der Waals surface area contributed by atoms with Crippen molar-refractivity contribution in [2.24, 2.45) is 0 Å². The largest absolute Gasteiger partial charge is 0.383 e. The average Bonchev–Trinajstić information content (AvgIpc) is 3.53. The van der Waals surface area contributed by atoms with E-state index < -0.39 is 0 Å². The molecule has 2 aromatic heterocycles. The quantitative estimate of drug-likeness (QED) is 0.434. The van der Waals surface area contributed by atoms with Crippen molar-refractivity contribution in [3.63, 3.8) is 0 Å². The molecule has 7 heteroatoms. The standard InChI is InChI=1S/C27H26N6O/c28-26-24-25(31-33(21-6-2-3-7-21)27(24)30-17-29-26)20-11-9-18(10-12-20)15-32-14-13-19-5-1-4-8-22(19)23(32)16-34/h1,4-5,8-14,16-17,21,23H,2-3,6-7,15H2,(H2,28,29,30). The van der Waals surface area contributed by atoms with Gasteiger partial charge in [-0.2, -0.15) is 5.10 Å². The minimum Gasteiger partial charge on any atom is -0.383 e. The summed E-state index contributed by atoms with van der Waals surface area (Å²) in [7, 11) is 0. The van der Waals surface area contributed by atoms with Crippen molar-refractivity contribution < 1.29 is 4.79 Å². The Morgan fingerprint density at radius 3 is 2.62 bits per heavy atom. The Morgan fingerprint density at radius 2 is 1.82 bits per heavy atom. The van der Waals surface area contributed by atoms with E-state index in [1.54, 1.807) is 0 Å². The second-order valence-electron chi connectivity index (χ2n) is 9.08. The highest BCUT2D eigenvalue weighted by atomic mass is 16.1. The van der Waals surface area contributed by atoms with Gasteiger partial charge in [-0.15, -0.1) is 0 Å². The first-order valence-electron chi connectivity index (χ1n) is 11.8. The van der Waals surface area contributed by atoms with Gasteiger partial charge in [-0.05, 0) is 35.6 Å². The van der Waals surface area contributed by atoms with E-state index in [1.807, 2.05) is 35.1 Å². The molecule has 2 aliphatic rings. The van der Waals surface area contributed by atoms with Crippen LogP contribution in [0.25, 0.3) is 28.4 Å². The third-order valence-electron chi connectivity index (χ3n) is 7.03. The van der Waals surface area contributed by atoms with Crippen LogP contribution in [0.3, 0.4) is 0 Å². The maximum Gasteiger partial charge on any atom is 0.164 e. The molecule has 2 aromatic carbocycles. The first-order valence-corrected chi connectivity index (χ1v) is 11.8. The van der Waals surface area contributed by atoms with E-state index in [0.29, 0.717) is 18.4 Å². The molecule has 0 saturated heterocycles. The smallest absolute Gasteiger partial charge is 0.164 e. The number of carbonyl (C=O) groups is 1. The third-order valence-corrected chi connectivity index (χ3v) is 7.03. The van der Waals surface area contributed by atoms with Crippen molar-refractivity contribution in [1.29, 1.82) is 0 Å². The summed E-state index contributed by atoms with van der Waals surface area (Å²) >= 11 is 0. The molecule has 170 valence electrons. The van der Waals surface area contributed by atoms with Crippen molar-refractivity contribution >= 4 is 29.2 Å². The molecule has 7 nitrogen and oxygen atoms in total. The molecule has 1 aliphatic carbocycles. The lowest BCUT2D eigenvalue weighted by molar-refractivity contribution is -0.112. The summed E-state index contributed by atoms with van der Waals surface area (Å²) in [5, 5.41) is 5.78. The van der Waals surface area contributed by atoms with Crippen LogP contribution in [0, 0.1) is 0 Å². The van der Waals surface area contributed by atoms with Crippen molar-refractivity contribution in [3.8, 4) is 11.3 Å². The molecule has 6 rings (SSSR count). The number of fused-ring (bicyclic) bond motifs is 2. The van der Waals surface area contributed by atoms with Crippen LogP contribution in [0.2, 0.25) is 0 Å². The highest BCUT2D eigenvalue weighted by molar-refractivity contribution is 5.98. The van der Waals surface area contributed by atoms with Crippen LogP contribution in [0.1, 0.15) is 54.5 Å². The fraction of sp³-hybridized carbons (Fsp3) is 0.259. The number of carbonyl (C=O) groups excluding carboxylic acids is 1. The molecular weight excluding hydrogens is 424 g/mol. The highest BCUT2D eigenvalue weighted by Crippen LogP contribution is 2.37. The lowest BCUT2D eigenvalue weighted by Crippen LogP contribution is -2.27. The number of benzene rings is 2. The van der Waals surface area contributed by atoms with E-state index >= 15 is 0 Å². The zero-order valence-corrected chi connectivity index (χ0v) is 18.8. The first-order chi connectivity index (χ1) is 16.7. The number of hydrogen-bond acceptors (Lipinski definition) is 6. The van der Waals surface area contributed by atoms with Crippen molar-refractivity contribution in [2.75, 3.05) is 5.73 Å². The van der Waals surface area contributed by atoms with Crippen LogP contribution < -0.4 is 5.73 Å². The van der Waals surface area contributed by atoms with Crippen LogP contribution in [0.5, 0.6) is 0 Å². The topological polar surface area (TPSA) is 89.9 Å². The predicted octanol–water partition coefficient (Wildman–Crippen LogP) is 4.92. The van der Waals surface area contributed by atoms with Crippen molar-refractivity contribution in [2.45, 2.75) is 44.3 Å². The fourth-order valence-corrected chi connectivity index (χ4v) is 5.26. The highest BCUT2D eigenvalue weighted by Gasteiger charge is 2.25. The Labute approximate surface area is 197 Å². The molecular formula is C27H26N6O. The Morgan fingerprint density at radius 1 is 1.03 bits per heavy atom. The van der Waals surface area contributed by atoms with Gasteiger partial charge in [0.15, 0.2) is 5.65 Å². The van der Waals surface area contributed by atoms with Crippen LogP contribution >= 0.6 is 0 Å². The normalized spacial score (nSPS) is 17.9. The molecule has 1 saturated carbocycles. The van der Waals surface area contributed by atoms with Gasteiger partial charge in [0.1, 0.15) is 30.2 Å². The summed E-state index contributed by atoms with van der Waals surface area (Å²) in [4.78, 5) is 22.7. The van der Waals surface area contributed by atoms with Gasteiger partial charge in [-0.1, -0.05) is 61.4 Å². The van der Waals surface area contributed by atoms with Gasteiger partial charge in [0.05, 0.1) is 11.4 Å². The minimum absolute atomic E-state index is 0.288. The van der Waals surface area contributed by atoms with Gasteiger partial charge in [0, 0.05) is 18.3 Å². The second-order valence-corrected chi connectivity index (χ2v) is 9.08.